The molecule has 6 heteroatoms. The van der Waals surface area contributed by atoms with Crippen LogP contribution >= 0.6 is 0 Å². The lowest BCUT2D eigenvalue weighted by Crippen LogP contribution is -2.29. The first-order valence-electron chi connectivity index (χ1n) is 6.63. The zero-order valence-electron chi connectivity index (χ0n) is 11.8. The van der Waals surface area contributed by atoms with Crippen LogP contribution < -0.4 is 21.7 Å². The van der Waals surface area contributed by atoms with Crippen molar-refractivity contribution in [3.63, 3.8) is 0 Å². The molecule has 0 aliphatic rings. The third kappa shape index (κ3) is 2.92. The summed E-state index contributed by atoms with van der Waals surface area (Å²) < 4.78 is 7.19. The Balaban J connectivity index is 2.21. The Morgan fingerprint density at radius 2 is 2.05 bits per heavy atom. The van der Waals surface area contributed by atoms with Gasteiger partial charge >= 0.3 is 0 Å². The van der Waals surface area contributed by atoms with Crippen molar-refractivity contribution in [1.82, 2.24) is 15.2 Å². The highest BCUT2D eigenvalue weighted by molar-refractivity contribution is 5.46. The first-order chi connectivity index (χ1) is 9.67. The predicted octanol–water partition coefficient (Wildman–Crippen LogP) is 1.34. The highest BCUT2D eigenvalue weighted by Crippen LogP contribution is 2.26. The summed E-state index contributed by atoms with van der Waals surface area (Å²) in [6.07, 6.45) is 2.71. The van der Waals surface area contributed by atoms with Crippen LogP contribution in [0.4, 0.5) is 5.82 Å². The van der Waals surface area contributed by atoms with Gasteiger partial charge in [0.15, 0.2) is 0 Å². The molecule has 0 bridgehead atoms. The number of hydrazine groups is 1. The molecule has 1 unspecified atom stereocenters. The molecule has 0 aliphatic carbocycles. The maximum atomic E-state index is 5.99. The van der Waals surface area contributed by atoms with Gasteiger partial charge in [-0.3, -0.25) is 10.5 Å². The van der Waals surface area contributed by atoms with Gasteiger partial charge in [0.25, 0.3) is 0 Å². The lowest BCUT2D eigenvalue weighted by Gasteiger charge is -2.16. The summed E-state index contributed by atoms with van der Waals surface area (Å²) in [5, 5.41) is 4.14. The molecule has 1 heterocycles. The molecule has 0 saturated heterocycles. The van der Waals surface area contributed by atoms with Crippen molar-refractivity contribution >= 4 is 5.82 Å². The van der Waals surface area contributed by atoms with E-state index in [1.165, 1.54) is 0 Å². The molecule has 5 N–H and O–H groups in total. The molecule has 108 valence electrons. The molecule has 0 spiro atoms. The van der Waals surface area contributed by atoms with Crippen LogP contribution in [0, 0.1) is 0 Å². The summed E-state index contributed by atoms with van der Waals surface area (Å²) in [6, 6.07) is 7.62. The summed E-state index contributed by atoms with van der Waals surface area (Å²) >= 11 is 0. The van der Waals surface area contributed by atoms with E-state index in [2.05, 4.69) is 17.4 Å². The largest absolute Gasteiger partial charge is 0.494 e. The molecule has 20 heavy (non-hydrogen) atoms. The first kappa shape index (κ1) is 14.4. The Bertz CT molecular complexity index is 549. The summed E-state index contributed by atoms with van der Waals surface area (Å²) in [6.45, 7) is 2.79. The van der Waals surface area contributed by atoms with Gasteiger partial charge in [-0.05, 0) is 24.1 Å². The summed E-state index contributed by atoms with van der Waals surface area (Å²) in [5.74, 6) is 7.11. The number of benzene rings is 1. The number of nitrogens with zero attached hydrogens (tertiary/aromatic N) is 2. The quantitative estimate of drug-likeness (QED) is 0.546. The Morgan fingerprint density at radius 3 is 2.55 bits per heavy atom. The summed E-state index contributed by atoms with van der Waals surface area (Å²) in [4.78, 5) is 0. The zero-order chi connectivity index (χ0) is 14.5. The second kappa shape index (κ2) is 6.40. The summed E-state index contributed by atoms with van der Waals surface area (Å²) in [7, 11) is 1.80. The average molecular weight is 275 g/mol. The van der Waals surface area contributed by atoms with E-state index in [4.69, 9.17) is 16.3 Å². The molecule has 1 aromatic heterocycles. The fraction of sp³-hybridized carbons (Fsp3) is 0.357. The number of hydrogen-bond acceptors (Lipinski definition) is 5. The van der Waals surface area contributed by atoms with Gasteiger partial charge in [-0.15, -0.1) is 0 Å². The van der Waals surface area contributed by atoms with E-state index < -0.39 is 0 Å². The van der Waals surface area contributed by atoms with Crippen LogP contribution in [0.1, 0.15) is 30.5 Å². The Hall–Kier alpha value is -2.05. The minimum atomic E-state index is -0.191. The molecule has 2 aromatic rings. The van der Waals surface area contributed by atoms with Crippen molar-refractivity contribution in [2.75, 3.05) is 12.3 Å². The van der Waals surface area contributed by atoms with E-state index >= 15 is 0 Å². The fourth-order valence-corrected chi connectivity index (χ4v) is 2.03. The molecule has 1 atom stereocenters. The van der Waals surface area contributed by atoms with E-state index in [1.807, 2.05) is 24.3 Å². The second-order valence-corrected chi connectivity index (χ2v) is 4.63. The number of hydrogen-bond donors (Lipinski definition) is 3. The lowest BCUT2D eigenvalue weighted by molar-refractivity contribution is 0.317. The fourth-order valence-electron chi connectivity index (χ4n) is 2.03. The topological polar surface area (TPSA) is 91.1 Å². The molecule has 6 nitrogen and oxygen atoms in total. The third-order valence-corrected chi connectivity index (χ3v) is 3.18. The highest BCUT2D eigenvalue weighted by atomic mass is 16.5. The number of ether oxygens (including phenoxy) is 1. The monoisotopic (exact) mass is 275 g/mol. The van der Waals surface area contributed by atoms with E-state index in [9.17, 15) is 0 Å². The number of aryl methyl sites for hydroxylation is 1. The highest BCUT2D eigenvalue weighted by Gasteiger charge is 2.18. The normalized spacial score (nSPS) is 12.3. The van der Waals surface area contributed by atoms with E-state index in [-0.39, 0.29) is 6.04 Å². The van der Waals surface area contributed by atoms with Crippen molar-refractivity contribution in [2.45, 2.75) is 19.4 Å². The first-order valence-corrected chi connectivity index (χ1v) is 6.63. The lowest BCUT2D eigenvalue weighted by atomic mass is 10.0. The Morgan fingerprint density at radius 1 is 1.35 bits per heavy atom. The van der Waals surface area contributed by atoms with Crippen LogP contribution in [0.25, 0.3) is 0 Å². The second-order valence-electron chi connectivity index (χ2n) is 4.63. The zero-order valence-corrected chi connectivity index (χ0v) is 11.8. The van der Waals surface area contributed by atoms with Crippen LogP contribution in [0.2, 0.25) is 0 Å². The maximum Gasteiger partial charge on any atom is 0.126 e. The Kier molecular flexibility index (Phi) is 4.60. The van der Waals surface area contributed by atoms with Gasteiger partial charge in [-0.2, -0.15) is 5.10 Å². The molecular formula is C14H21N5O. The third-order valence-electron chi connectivity index (χ3n) is 3.18. The van der Waals surface area contributed by atoms with Gasteiger partial charge < -0.3 is 10.5 Å². The van der Waals surface area contributed by atoms with Crippen LogP contribution in [-0.4, -0.2) is 16.4 Å². The molecule has 0 fully saturated rings. The van der Waals surface area contributed by atoms with E-state index in [0.717, 1.165) is 23.3 Å². The van der Waals surface area contributed by atoms with Crippen molar-refractivity contribution in [1.29, 1.82) is 0 Å². The minimum absolute atomic E-state index is 0.191. The van der Waals surface area contributed by atoms with Crippen LogP contribution in [-0.2, 0) is 7.05 Å². The molecule has 0 aliphatic heterocycles. The molecule has 1 aromatic carbocycles. The van der Waals surface area contributed by atoms with Crippen LogP contribution in [0.15, 0.2) is 30.5 Å². The standard InChI is InChI=1S/C14H21N5O/c1-3-8-20-11-6-4-10(5-7-11)13(18-16)12-9-17-19(2)14(12)15/h4-7,9,13,18H,3,8,15-16H2,1-2H3. The molecule has 2 rings (SSSR count). The van der Waals surface area contributed by atoms with Crippen molar-refractivity contribution in [2.24, 2.45) is 12.9 Å². The van der Waals surface area contributed by atoms with Gasteiger partial charge in [0.1, 0.15) is 11.6 Å². The van der Waals surface area contributed by atoms with Crippen LogP contribution in [0.3, 0.4) is 0 Å². The number of nitrogens with one attached hydrogen (secondary N) is 1. The number of rotatable bonds is 6. The molecule has 0 radical (unpaired) electrons. The van der Waals surface area contributed by atoms with Gasteiger partial charge in [-0.25, -0.2) is 5.43 Å². The maximum absolute atomic E-state index is 5.99. The number of anilines is 1. The van der Waals surface area contributed by atoms with Gasteiger partial charge in [-0.1, -0.05) is 19.1 Å². The Labute approximate surface area is 118 Å². The van der Waals surface area contributed by atoms with Gasteiger partial charge in [0, 0.05) is 12.6 Å². The smallest absolute Gasteiger partial charge is 0.126 e. The van der Waals surface area contributed by atoms with E-state index in [0.29, 0.717) is 12.4 Å². The van der Waals surface area contributed by atoms with Crippen molar-refractivity contribution < 1.29 is 4.74 Å². The summed E-state index contributed by atoms with van der Waals surface area (Å²) in [5.41, 5.74) is 10.6. The van der Waals surface area contributed by atoms with Gasteiger partial charge in [0.2, 0.25) is 0 Å². The van der Waals surface area contributed by atoms with Crippen LogP contribution in [0.5, 0.6) is 5.75 Å². The van der Waals surface area contributed by atoms with Crippen molar-refractivity contribution in [3.8, 4) is 5.75 Å². The molecular weight excluding hydrogens is 254 g/mol. The number of nitrogens with two attached hydrogens (primary N) is 2. The van der Waals surface area contributed by atoms with E-state index in [1.54, 1.807) is 17.9 Å². The average Bonchev–Trinajstić information content (AvgIpc) is 2.80. The SMILES string of the molecule is CCCOc1ccc(C(NN)c2cnn(C)c2N)cc1. The number of nitrogen functional groups attached to an aromatic ring is 1. The molecule has 0 amide bonds. The minimum Gasteiger partial charge on any atom is -0.494 e. The van der Waals surface area contributed by atoms with Gasteiger partial charge in [0.05, 0.1) is 18.8 Å². The number of aromatic nitrogens is 2. The predicted molar refractivity (Wildman–Crippen MR) is 79.0 cm³/mol. The van der Waals surface area contributed by atoms with Crippen molar-refractivity contribution in [3.05, 3.63) is 41.6 Å². The molecule has 0 saturated carbocycles.